The number of nitrogens with zero attached hydrogens (tertiary/aromatic N) is 5. The monoisotopic (exact) mass is 436 g/mol. The number of nitrogen functional groups attached to an aromatic ring is 1. The van der Waals surface area contributed by atoms with Gasteiger partial charge in [0.05, 0.1) is 17.7 Å². The van der Waals surface area contributed by atoms with Crippen LogP contribution in [0.5, 0.6) is 5.75 Å². The van der Waals surface area contributed by atoms with Crippen molar-refractivity contribution in [2.75, 3.05) is 18.8 Å². The van der Waals surface area contributed by atoms with Crippen LogP contribution in [0.4, 0.5) is 10.6 Å². The average molecular weight is 437 g/mol. The number of rotatable bonds is 3. The summed E-state index contributed by atoms with van der Waals surface area (Å²) in [7, 11) is 0. The molecule has 168 valence electrons. The van der Waals surface area contributed by atoms with Gasteiger partial charge in [0.25, 0.3) is 0 Å². The predicted molar refractivity (Wildman–Crippen MR) is 121 cm³/mol. The van der Waals surface area contributed by atoms with Crippen molar-refractivity contribution < 1.29 is 14.6 Å². The predicted octanol–water partition coefficient (Wildman–Crippen LogP) is 3.87. The van der Waals surface area contributed by atoms with Crippen molar-refractivity contribution in [3.8, 4) is 28.3 Å². The van der Waals surface area contributed by atoms with Gasteiger partial charge in [0.2, 0.25) is 0 Å². The molecular formula is C23H28N6O3. The summed E-state index contributed by atoms with van der Waals surface area (Å²) in [5.74, 6) is 0.397. The molecule has 0 spiro atoms. The number of carbonyl (C=O) groups is 1. The van der Waals surface area contributed by atoms with Crippen LogP contribution in [0.1, 0.15) is 39.7 Å². The average Bonchev–Trinajstić information content (AvgIpc) is 3.23. The zero-order valence-electron chi connectivity index (χ0n) is 18.5. The minimum Gasteiger partial charge on any atom is -0.507 e. The Balaban J connectivity index is 1.49. The van der Waals surface area contributed by atoms with Crippen LogP contribution in [0.2, 0.25) is 0 Å². The molecule has 1 amide bonds. The molecule has 0 unspecified atom stereocenters. The number of anilines is 1. The number of ether oxygens (including phenoxy) is 1. The van der Waals surface area contributed by atoms with E-state index in [1.807, 2.05) is 33.0 Å². The Morgan fingerprint density at radius 1 is 1.12 bits per heavy atom. The molecule has 0 atom stereocenters. The summed E-state index contributed by atoms with van der Waals surface area (Å²) in [6, 6.07) is 8.96. The van der Waals surface area contributed by atoms with Crippen LogP contribution in [0.25, 0.3) is 22.5 Å². The molecule has 2 aromatic heterocycles. The zero-order valence-corrected chi connectivity index (χ0v) is 18.5. The number of piperidine rings is 1. The third-order valence-electron chi connectivity index (χ3n) is 5.42. The fourth-order valence-electron chi connectivity index (χ4n) is 3.78. The van der Waals surface area contributed by atoms with Crippen LogP contribution in [-0.2, 0) is 4.74 Å². The number of phenols is 1. The molecule has 1 aromatic carbocycles. The van der Waals surface area contributed by atoms with Crippen molar-refractivity contribution in [3.05, 3.63) is 42.9 Å². The summed E-state index contributed by atoms with van der Waals surface area (Å²) in [5, 5.41) is 18.3. The number of phenolic OH excluding ortho intramolecular Hbond substituents is 1. The Kier molecular flexibility index (Phi) is 5.73. The standard InChI is InChI=1S/C23H28N6O3/c1-23(2,3)32-22(31)28-10-8-15(9-11-28)29-13-19(25-14-29)17-12-18(26-27-21(17)24)16-6-4-5-7-20(16)30/h4-7,12-15,30H,8-11H2,1-3H3,(H2,24,27). The molecule has 3 aromatic rings. The van der Waals surface area contributed by atoms with Crippen molar-refractivity contribution in [2.24, 2.45) is 0 Å². The maximum absolute atomic E-state index is 12.3. The lowest BCUT2D eigenvalue weighted by molar-refractivity contribution is 0.0188. The molecule has 0 bridgehead atoms. The lowest BCUT2D eigenvalue weighted by Gasteiger charge is -2.33. The number of para-hydroxylation sites is 1. The fraction of sp³-hybridized carbons (Fsp3) is 0.391. The minimum absolute atomic E-state index is 0.125. The van der Waals surface area contributed by atoms with Crippen LogP contribution in [0, 0.1) is 0 Å². The molecule has 1 fully saturated rings. The lowest BCUT2D eigenvalue weighted by atomic mass is 10.1. The van der Waals surface area contributed by atoms with Crippen LogP contribution < -0.4 is 5.73 Å². The van der Waals surface area contributed by atoms with E-state index in [0.717, 1.165) is 12.8 Å². The van der Waals surface area contributed by atoms with Crippen molar-refractivity contribution in [2.45, 2.75) is 45.3 Å². The van der Waals surface area contributed by atoms with E-state index in [-0.39, 0.29) is 23.7 Å². The fourth-order valence-corrected chi connectivity index (χ4v) is 3.78. The van der Waals surface area contributed by atoms with E-state index >= 15 is 0 Å². The smallest absolute Gasteiger partial charge is 0.410 e. The van der Waals surface area contributed by atoms with Crippen LogP contribution >= 0.6 is 0 Å². The second-order valence-electron chi connectivity index (χ2n) is 8.95. The number of hydrogen-bond acceptors (Lipinski definition) is 7. The molecule has 4 rings (SSSR count). The number of hydrogen-bond donors (Lipinski definition) is 2. The third-order valence-corrected chi connectivity index (χ3v) is 5.42. The first-order valence-corrected chi connectivity index (χ1v) is 10.6. The van der Waals surface area contributed by atoms with Gasteiger partial charge in [-0.2, -0.15) is 0 Å². The first-order valence-electron chi connectivity index (χ1n) is 10.6. The van der Waals surface area contributed by atoms with E-state index in [2.05, 4.69) is 19.7 Å². The molecule has 1 aliphatic rings. The number of carbonyl (C=O) groups excluding carboxylic acids is 1. The van der Waals surface area contributed by atoms with Gasteiger partial charge in [-0.05, 0) is 51.8 Å². The van der Waals surface area contributed by atoms with Crippen molar-refractivity contribution in [1.82, 2.24) is 24.6 Å². The first-order chi connectivity index (χ1) is 15.2. The largest absolute Gasteiger partial charge is 0.507 e. The summed E-state index contributed by atoms with van der Waals surface area (Å²) in [4.78, 5) is 18.6. The molecule has 1 aliphatic heterocycles. The number of aromatic hydroxyl groups is 1. The number of likely N-dealkylation sites (tertiary alicyclic amines) is 1. The van der Waals surface area contributed by atoms with Gasteiger partial charge in [0.1, 0.15) is 11.4 Å². The Labute approximate surface area is 186 Å². The second kappa shape index (κ2) is 8.49. The first kappa shape index (κ1) is 21.6. The van der Waals surface area contributed by atoms with Gasteiger partial charge in [0.15, 0.2) is 5.82 Å². The second-order valence-corrected chi connectivity index (χ2v) is 8.95. The summed E-state index contributed by atoms with van der Waals surface area (Å²) >= 11 is 0. The van der Waals surface area contributed by atoms with Gasteiger partial charge in [-0.15, -0.1) is 10.2 Å². The Bertz CT molecular complexity index is 1110. The Hall–Kier alpha value is -3.62. The number of aromatic nitrogens is 4. The normalized spacial score (nSPS) is 15.0. The number of amides is 1. The highest BCUT2D eigenvalue weighted by atomic mass is 16.6. The molecule has 9 nitrogen and oxygen atoms in total. The van der Waals surface area contributed by atoms with Crippen LogP contribution in [0.3, 0.4) is 0 Å². The molecule has 0 radical (unpaired) electrons. The van der Waals surface area contributed by atoms with Crippen molar-refractivity contribution in [1.29, 1.82) is 0 Å². The molecule has 0 aliphatic carbocycles. The SMILES string of the molecule is CC(C)(C)OC(=O)N1CCC(n2cnc(-c3cc(-c4ccccc4O)nnc3N)c2)CC1. The quantitative estimate of drug-likeness (QED) is 0.639. The summed E-state index contributed by atoms with van der Waals surface area (Å²) in [6.45, 7) is 6.87. The highest BCUT2D eigenvalue weighted by Gasteiger charge is 2.27. The minimum atomic E-state index is -0.499. The van der Waals surface area contributed by atoms with Crippen LogP contribution in [0.15, 0.2) is 42.9 Å². The topological polar surface area (TPSA) is 119 Å². The molecule has 0 saturated carbocycles. The molecule has 32 heavy (non-hydrogen) atoms. The molecule has 9 heteroatoms. The van der Waals surface area contributed by atoms with E-state index in [0.29, 0.717) is 35.6 Å². The summed E-state index contributed by atoms with van der Waals surface area (Å²) in [5.41, 5.74) is 8.02. The van der Waals surface area contributed by atoms with Crippen LogP contribution in [-0.4, -0.2) is 54.5 Å². The van der Waals surface area contributed by atoms with E-state index in [9.17, 15) is 9.90 Å². The molecule has 3 N–H and O–H groups in total. The number of imidazole rings is 1. The maximum Gasteiger partial charge on any atom is 0.410 e. The molecule has 1 saturated heterocycles. The summed E-state index contributed by atoms with van der Waals surface area (Å²) in [6.07, 6.45) is 5.07. The highest BCUT2D eigenvalue weighted by Crippen LogP contribution is 2.32. The lowest BCUT2D eigenvalue weighted by Crippen LogP contribution is -2.42. The Morgan fingerprint density at radius 3 is 2.53 bits per heavy atom. The van der Waals surface area contributed by atoms with E-state index < -0.39 is 5.60 Å². The van der Waals surface area contributed by atoms with E-state index in [4.69, 9.17) is 10.5 Å². The molecule has 3 heterocycles. The van der Waals surface area contributed by atoms with Gasteiger partial charge >= 0.3 is 6.09 Å². The highest BCUT2D eigenvalue weighted by molar-refractivity contribution is 5.77. The maximum atomic E-state index is 12.3. The Morgan fingerprint density at radius 2 is 1.84 bits per heavy atom. The van der Waals surface area contributed by atoms with Gasteiger partial charge in [-0.1, -0.05) is 12.1 Å². The third kappa shape index (κ3) is 4.66. The van der Waals surface area contributed by atoms with E-state index in [1.54, 1.807) is 35.5 Å². The molecular weight excluding hydrogens is 408 g/mol. The van der Waals surface area contributed by atoms with Gasteiger partial charge in [-0.3, -0.25) is 0 Å². The van der Waals surface area contributed by atoms with Gasteiger partial charge < -0.3 is 25.0 Å². The zero-order chi connectivity index (χ0) is 22.9. The summed E-state index contributed by atoms with van der Waals surface area (Å²) < 4.78 is 7.53. The van der Waals surface area contributed by atoms with E-state index in [1.165, 1.54) is 0 Å². The van der Waals surface area contributed by atoms with Gasteiger partial charge in [0, 0.05) is 36.5 Å². The van der Waals surface area contributed by atoms with Crippen molar-refractivity contribution >= 4 is 11.9 Å². The number of benzene rings is 1. The number of nitrogens with two attached hydrogens (primary N) is 1. The van der Waals surface area contributed by atoms with Gasteiger partial charge in [-0.25, -0.2) is 9.78 Å². The van der Waals surface area contributed by atoms with Crippen molar-refractivity contribution in [3.63, 3.8) is 0 Å².